The second-order valence-electron chi connectivity index (χ2n) is 9.17. The number of aromatic nitrogens is 2. The topological polar surface area (TPSA) is 68.6 Å². The van der Waals surface area contributed by atoms with Crippen LogP contribution < -0.4 is 10.1 Å². The van der Waals surface area contributed by atoms with Crippen molar-refractivity contribution in [2.24, 2.45) is 13.0 Å². The summed E-state index contributed by atoms with van der Waals surface area (Å²) >= 11 is 0. The molecule has 184 valence electrons. The number of methoxy groups -OCH3 is 1. The van der Waals surface area contributed by atoms with Crippen LogP contribution in [0.4, 0.5) is 19.3 Å². The minimum absolute atomic E-state index is 0.107. The minimum atomic E-state index is -0.839. The van der Waals surface area contributed by atoms with E-state index in [1.54, 1.807) is 7.11 Å². The predicted octanol–water partition coefficient (Wildman–Crippen LogP) is 4.80. The van der Waals surface area contributed by atoms with Crippen molar-refractivity contribution in [3.8, 4) is 17.0 Å². The molecule has 0 aliphatic carbocycles. The molecule has 1 aromatic heterocycles. The molecule has 9 heteroatoms. The molecule has 7 nitrogen and oxygen atoms in total. The Morgan fingerprint density at radius 3 is 2.77 bits per heavy atom. The van der Waals surface area contributed by atoms with E-state index in [-0.39, 0.29) is 18.3 Å². The molecule has 0 radical (unpaired) electrons. The molecule has 35 heavy (non-hydrogen) atoms. The van der Waals surface area contributed by atoms with Crippen LogP contribution in [0.3, 0.4) is 0 Å². The Morgan fingerprint density at radius 1 is 1.20 bits per heavy atom. The molecule has 1 amide bonds. The lowest BCUT2D eigenvalue weighted by Crippen LogP contribution is -2.54. The first-order valence-corrected chi connectivity index (χ1v) is 11.7. The second-order valence-corrected chi connectivity index (χ2v) is 9.17. The molecule has 0 saturated carbocycles. The van der Waals surface area contributed by atoms with Gasteiger partial charge < -0.3 is 9.47 Å². The van der Waals surface area contributed by atoms with E-state index in [4.69, 9.17) is 14.6 Å². The van der Waals surface area contributed by atoms with E-state index in [1.165, 1.54) is 11.8 Å². The Labute approximate surface area is 202 Å². The van der Waals surface area contributed by atoms with Crippen LogP contribution in [0.25, 0.3) is 11.3 Å². The van der Waals surface area contributed by atoms with Crippen molar-refractivity contribution in [1.29, 1.82) is 0 Å². The van der Waals surface area contributed by atoms with Gasteiger partial charge in [0.15, 0.2) is 0 Å². The fraction of sp³-hybridized carbons (Fsp3) is 0.385. The number of hydrogen-bond donors (Lipinski definition) is 1. The lowest BCUT2D eigenvalue weighted by molar-refractivity contribution is -0.00223. The van der Waals surface area contributed by atoms with Crippen LogP contribution in [0.1, 0.15) is 24.5 Å². The summed E-state index contributed by atoms with van der Waals surface area (Å²) in [5.74, 6) is 0.0386. The predicted molar refractivity (Wildman–Crippen MR) is 127 cm³/mol. The number of benzene rings is 2. The summed E-state index contributed by atoms with van der Waals surface area (Å²) in [4.78, 5) is 14.5. The number of halogens is 2. The number of carbonyl (C=O) groups excluding carboxylic acids is 1. The lowest BCUT2D eigenvalue weighted by Gasteiger charge is -2.49. The Balaban J connectivity index is 1.22. The fourth-order valence-electron chi connectivity index (χ4n) is 5.37. The molecular weight excluding hydrogens is 454 g/mol. The standard InChI is InChI=1S/C26H28F2N4O3/c1-31-24(13-23(30-31)19-5-3-4-6-25(19)34-2)20-14-32-10-9-16(20)11-18(32)15-35-26(33)29-22-8-7-17(27)12-21(22)28/h3-8,12-13,16,18,20H,9-11,14-15H2,1-2H3,(H,29,33). The van der Waals surface area contributed by atoms with Gasteiger partial charge in [0.25, 0.3) is 0 Å². The van der Waals surface area contributed by atoms with Gasteiger partial charge in [-0.15, -0.1) is 0 Å². The molecular formula is C26H28F2N4O3. The summed E-state index contributed by atoms with van der Waals surface area (Å²) in [6.07, 6.45) is 1.23. The molecule has 3 aliphatic heterocycles. The SMILES string of the molecule is COc1ccccc1-c1cc(C2CN3CCC2CC3COC(=O)Nc2ccc(F)cc2F)n(C)n1. The average Bonchev–Trinajstić information content (AvgIpc) is 3.26. The first-order valence-electron chi connectivity index (χ1n) is 11.7. The molecule has 4 heterocycles. The van der Waals surface area contributed by atoms with Gasteiger partial charge in [-0.2, -0.15) is 5.10 Å². The molecule has 4 unspecified atom stereocenters. The molecule has 6 rings (SSSR count). The van der Waals surface area contributed by atoms with Gasteiger partial charge in [-0.1, -0.05) is 12.1 Å². The van der Waals surface area contributed by atoms with Crippen molar-refractivity contribution in [2.75, 3.05) is 32.1 Å². The Kier molecular flexibility index (Phi) is 6.42. The molecule has 3 saturated heterocycles. The zero-order chi connectivity index (χ0) is 24.5. The number of fused-ring (bicyclic) bond motifs is 3. The van der Waals surface area contributed by atoms with E-state index in [0.717, 1.165) is 55.1 Å². The number of amides is 1. The molecule has 2 bridgehead atoms. The van der Waals surface area contributed by atoms with E-state index in [2.05, 4.69) is 16.3 Å². The summed E-state index contributed by atoms with van der Waals surface area (Å²) < 4.78 is 39.7. The molecule has 2 aromatic carbocycles. The maximum Gasteiger partial charge on any atom is 0.411 e. The first kappa shape index (κ1) is 23.3. The Hall–Kier alpha value is -3.46. The largest absolute Gasteiger partial charge is 0.496 e. The number of carbonyl (C=O) groups is 1. The van der Waals surface area contributed by atoms with Crippen molar-refractivity contribution in [1.82, 2.24) is 14.7 Å². The number of hydrogen-bond acceptors (Lipinski definition) is 5. The maximum absolute atomic E-state index is 13.8. The third kappa shape index (κ3) is 4.73. The molecule has 0 spiro atoms. The highest BCUT2D eigenvalue weighted by Gasteiger charge is 2.42. The second kappa shape index (κ2) is 9.65. The smallest absolute Gasteiger partial charge is 0.411 e. The molecule has 3 aliphatic rings. The molecule has 3 aromatic rings. The van der Waals surface area contributed by atoms with E-state index in [9.17, 15) is 13.6 Å². The number of anilines is 1. The van der Waals surface area contributed by atoms with Gasteiger partial charge in [-0.05, 0) is 55.6 Å². The number of para-hydroxylation sites is 1. The van der Waals surface area contributed by atoms with Crippen LogP contribution in [0, 0.1) is 17.6 Å². The van der Waals surface area contributed by atoms with Crippen LogP contribution in [-0.4, -0.2) is 53.6 Å². The third-order valence-corrected chi connectivity index (χ3v) is 7.13. The lowest BCUT2D eigenvalue weighted by atomic mass is 9.74. The van der Waals surface area contributed by atoms with Crippen molar-refractivity contribution in [3.05, 3.63) is 65.9 Å². The summed E-state index contributed by atoms with van der Waals surface area (Å²) in [6, 6.07) is 13.1. The third-order valence-electron chi connectivity index (χ3n) is 7.13. The Bertz CT molecular complexity index is 1230. The summed E-state index contributed by atoms with van der Waals surface area (Å²) in [7, 11) is 3.64. The van der Waals surface area contributed by atoms with Gasteiger partial charge >= 0.3 is 6.09 Å². The van der Waals surface area contributed by atoms with Crippen LogP contribution in [0.2, 0.25) is 0 Å². The number of nitrogens with one attached hydrogen (secondary N) is 1. The van der Waals surface area contributed by atoms with Crippen LogP contribution in [0.15, 0.2) is 48.5 Å². The van der Waals surface area contributed by atoms with Crippen molar-refractivity contribution < 1.29 is 23.0 Å². The summed E-state index contributed by atoms with van der Waals surface area (Å²) in [5, 5.41) is 7.11. The highest BCUT2D eigenvalue weighted by Crippen LogP contribution is 2.43. The number of nitrogens with zero attached hydrogens (tertiary/aromatic N) is 3. The quantitative estimate of drug-likeness (QED) is 0.547. The maximum atomic E-state index is 13.8. The molecule has 4 atom stereocenters. The van der Waals surface area contributed by atoms with Gasteiger partial charge in [-0.3, -0.25) is 14.9 Å². The van der Waals surface area contributed by atoms with E-state index in [0.29, 0.717) is 11.8 Å². The van der Waals surface area contributed by atoms with E-state index < -0.39 is 17.7 Å². The van der Waals surface area contributed by atoms with Gasteiger partial charge in [-0.25, -0.2) is 13.6 Å². The van der Waals surface area contributed by atoms with Crippen molar-refractivity contribution in [3.63, 3.8) is 0 Å². The highest BCUT2D eigenvalue weighted by molar-refractivity contribution is 5.84. The fourth-order valence-corrected chi connectivity index (χ4v) is 5.37. The minimum Gasteiger partial charge on any atom is -0.496 e. The van der Waals surface area contributed by atoms with Crippen LogP contribution >= 0.6 is 0 Å². The average molecular weight is 483 g/mol. The van der Waals surface area contributed by atoms with E-state index >= 15 is 0 Å². The highest BCUT2D eigenvalue weighted by atomic mass is 19.1. The molecule has 3 fully saturated rings. The van der Waals surface area contributed by atoms with Crippen molar-refractivity contribution >= 4 is 11.8 Å². The zero-order valence-corrected chi connectivity index (χ0v) is 19.7. The zero-order valence-electron chi connectivity index (χ0n) is 19.7. The summed E-state index contributed by atoms with van der Waals surface area (Å²) in [5.41, 5.74) is 2.93. The number of rotatable bonds is 6. The summed E-state index contributed by atoms with van der Waals surface area (Å²) in [6.45, 7) is 2.02. The monoisotopic (exact) mass is 482 g/mol. The number of piperidine rings is 3. The van der Waals surface area contributed by atoms with Crippen LogP contribution in [-0.2, 0) is 11.8 Å². The number of ether oxygens (including phenoxy) is 2. The number of aryl methyl sites for hydroxylation is 1. The van der Waals surface area contributed by atoms with Gasteiger partial charge in [0.2, 0.25) is 0 Å². The molecule has 1 N–H and O–H groups in total. The van der Waals surface area contributed by atoms with E-state index in [1.807, 2.05) is 36.0 Å². The van der Waals surface area contributed by atoms with Gasteiger partial charge in [0.05, 0.1) is 18.5 Å². The van der Waals surface area contributed by atoms with Gasteiger partial charge in [0, 0.05) is 42.9 Å². The van der Waals surface area contributed by atoms with Crippen molar-refractivity contribution in [2.45, 2.75) is 24.8 Å². The van der Waals surface area contributed by atoms with Gasteiger partial charge in [0.1, 0.15) is 24.0 Å². The first-order chi connectivity index (χ1) is 16.9. The van der Waals surface area contributed by atoms with Crippen LogP contribution in [0.5, 0.6) is 5.75 Å². The Morgan fingerprint density at radius 2 is 2.03 bits per heavy atom. The normalized spacial score (nSPS) is 23.2.